The molecule has 0 radical (unpaired) electrons. The van der Waals surface area contributed by atoms with Crippen LogP contribution < -0.4 is 0 Å². The highest BCUT2D eigenvalue weighted by atomic mass is 32.2. The summed E-state index contributed by atoms with van der Waals surface area (Å²) < 4.78 is 27.3. The van der Waals surface area contributed by atoms with Crippen molar-refractivity contribution >= 4 is 10.0 Å². The Kier molecular flexibility index (Phi) is 4.53. The van der Waals surface area contributed by atoms with Crippen molar-refractivity contribution in [3.05, 3.63) is 65.7 Å². The fraction of sp³-hybridized carbons (Fsp3) is 0.333. The molecule has 1 N–H and O–H groups in total. The number of benzene rings is 2. The lowest BCUT2D eigenvalue weighted by Gasteiger charge is -2.28. The van der Waals surface area contributed by atoms with Crippen LogP contribution in [0, 0.1) is 6.92 Å². The van der Waals surface area contributed by atoms with Gasteiger partial charge in [0.15, 0.2) is 0 Å². The summed E-state index contributed by atoms with van der Waals surface area (Å²) in [5, 5.41) is 10.6. The van der Waals surface area contributed by atoms with Crippen molar-refractivity contribution in [1.29, 1.82) is 0 Å². The van der Waals surface area contributed by atoms with Crippen molar-refractivity contribution in [2.75, 3.05) is 6.54 Å². The summed E-state index contributed by atoms with van der Waals surface area (Å²) in [5.41, 5.74) is 1.77. The Balaban J connectivity index is 1.90. The second-order valence-electron chi connectivity index (χ2n) is 5.99. The van der Waals surface area contributed by atoms with E-state index < -0.39 is 22.2 Å². The Bertz CT molecular complexity index is 757. The Morgan fingerprint density at radius 3 is 2.39 bits per heavy atom. The van der Waals surface area contributed by atoms with Gasteiger partial charge in [-0.1, -0.05) is 48.0 Å². The van der Waals surface area contributed by atoms with E-state index in [1.165, 1.54) is 4.31 Å². The van der Waals surface area contributed by atoms with E-state index in [-0.39, 0.29) is 4.90 Å². The molecule has 0 bridgehead atoms. The molecule has 122 valence electrons. The second-order valence-corrected chi connectivity index (χ2v) is 7.88. The average molecular weight is 331 g/mol. The number of aliphatic hydroxyl groups excluding tert-OH is 1. The first kappa shape index (κ1) is 16.2. The van der Waals surface area contributed by atoms with Crippen molar-refractivity contribution < 1.29 is 13.5 Å². The quantitative estimate of drug-likeness (QED) is 0.937. The zero-order valence-electron chi connectivity index (χ0n) is 13.1. The first-order valence-corrected chi connectivity index (χ1v) is 9.26. The van der Waals surface area contributed by atoms with E-state index in [0.29, 0.717) is 13.0 Å². The van der Waals surface area contributed by atoms with Gasteiger partial charge in [-0.15, -0.1) is 0 Å². The topological polar surface area (TPSA) is 57.6 Å². The molecule has 1 fully saturated rings. The SMILES string of the molecule is Cc1ccc(S(=O)(=O)N2CCC[C@H]2[C@@H](O)c2ccccc2)cc1. The Labute approximate surface area is 137 Å². The van der Waals surface area contributed by atoms with E-state index in [0.717, 1.165) is 17.5 Å². The van der Waals surface area contributed by atoms with Crippen LogP contribution in [0.5, 0.6) is 0 Å². The average Bonchev–Trinajstić information content (AvgIpc) is 3.06. The maximum absolute atomic E-state index is 12.9. The van der Waals surface area contributed by atoms with Gasteiger partial charge in [-0.3, -0.25) is 0 Å². The first-order chi connectivity index (χ1) is 11.0. The van der Waals surface area contributed by atoms with E-state index in [1.54, 1.807) is 24.3 Å². The zero-order chi connectivity index (χ0) is 16.4. The molecule has 3 rings (SSSR count). The molecule has 1 aliphatic heterocycles. The van der Waals surface area contributed by atoms with Crippen LogP contribution in [0.2, 0.25) is 0 Å². The highest BCUT2D eigenvalue weighted by Crippen LogP contribution is 2.33. The number of sulfonamides is 1. The van der Waals surface area contributed by atoms with Crippen LogP contribution in [0.1, 0.15) is 30.1 Å². The maximum atomic E-state index is 12.9. The van der Waals surface area contributed by atoms with Gasteiger partial charge in [0.2, 0.25) is 10.0 Å². The molecule has 4 nitrogen and oxygen atoms in total. The Morgan fingerprint density at radius 1 is 1.09 bits per heavy atom. The van der Waals surface area contributed by atoms with Gasteiger partial charge in [0, 0.05) is 6.54 Å². The standard InChI is InChI=1S/C18H21NO3S/c1-14-9-11-16(12-10-14)23(21,22)19-13-5-8-17(19)18(20)15-6-3-2-4-7-15/h2-4,6-7,9-12,17-18,20H,5,8,13H2,1H3/t17-,18-/m0/s1. The van der Waals surface area contributed by atoms with E-state index in [1.807, 2.05) is 37.3 Å². The molecule has 23 heavy (non-hydrogen) atoms. The second kappa shape index (κ2) is 6.43. The van der Waals surface area contributed by atoms with Crippen LogP contribution in [0.4, 0.5) is 0 Å². The molecular weight excluding hydrogens is 310 g/mol. The summed E-state index contributed by atoms with van der Waals surface area (Å²) in [5.74, 6) is 0. The molecule has 0 aromatic heterocycles. The van der Waals surface area contributed by atoms with Crippen molar-refractivity contribution in [1.82, 2.24) is 4.31 Å². The lowest BCUT2D eigenvalue weighted by atomic mass is 10.0. The normalized spacial score (nSPS) is 20.5. The molecule has 2 aromatic rings. The number of nitrogens with zero attached hydrogens (tertiary/aromatic N) is 1. The van der Waals surface area contributed by atoms with Gasteiger partial charge in [0.05, 0.1) is 17.0 Å². The molecule has 0 amide bonds. The molecule has 1 aliphatic rings. The predicted molar refractivity (Wildman–Crippen MR) is 89.5 cm³/mol. The molecule has 0 unspecified atom stereocenters. The minimum Gasteiger partial charge on any atom is -0.387 e. The van der Waals surface area contributed by atoms with Gasteiger partial charge in [-0.05, 0) is 37.5 Å². The van der Waals surface area contributed by atoms with Crippen LogP contribution in [0.25, 0.3) is 0 Å². The van der Waals surface area contributed by atoms with Gasteiger partial charge < -0.3 is 5.11 Å². The van der Waals surface area contributed by atoms with Crippen molar-refractivity contribution in [2.24, 2.45) is 0 Å². The van der Waals surface area contributed by atoms with Crippen molar-refractivity contribution in [3.8, 4) is 0 Å². The summed E-state index contributed by atoms with van der Waals surface area (Å²) in [6.45, 7) is 2.37. The largest absolute Gasteiger partial charge is 0.387 e. The monoisotopic (exact) mass is 331 g/mol. The fourth-order valence-electron chi connectivity index (χ4n) is 3.10. The van der Waals surface area contributed by atoms with E-state index >= 15 is 0 Å². The van der Waals surface area contributed by atoms with Crippen molar-refractivity contribution in [3.63, 3.8) is 0 Å². The molecule has 2 atom stereocenters. The third-order valence-corrected chi connectivity index (χ3v) is 6.32. The molecule has 5 heteroatoms. The number of rotatable bonds is 4. The highest BCUT2D eigenvalue weighted by Gasteiger charge is 2.39. The van der Waals surface area contributed by atoms with Crippen LogP contribution in [-0.2, 0) is 10.0 Å². The lowest BCUT2D eigenvalue weighted by Crippen LogP contribution is -2.39. The molecule has 0 saturated carbocycles. The van der Waals surface area contributed by atoms with Crippen LogP contribution >= 0.6 is 0 Å². The van der Waals surface area contributed by atoms with Crippen LogP contribution in [0.15, 0.2) is 59.5 Å². The number of hydrogen-bond donors (Lipinski definition) is 1. The number of hydrogen-bond acceptors (Lipinski definition) is 3. The zero-order valence-corrected chi connectivity index (χ0v) is 13.9. The summed E-state index contributed by atoms with van der Waals surface area (Å²) in [6, 6.07) is 15.7. The van der Waals surface area contributed by atoms with E-state index in [4.69, 9.17) is 0 Å². The van der Waals surface area contributed by atoms with Gasteiger partial charge >= 0.3 is 0 Å². The van der Waals surface area contributed by atoms with Gasteiger partial charge in [-0.2, -0.15) is 4.31 Å². The van der Waals surface area contributed by atoms with Crippen LogP contribution in [0.3, 0.4) is 0 Å². The first-order valence-electron chi connectivity index (χ1n) is 7.81. The van der Waals surface area contributed by atoms with Crippen LogP contribution in [-0.4, -0.2) is 30.4 Å². The maximum Gasteiger partial charge on any atom is 0.243 e. The Morgan fingerprint density at radius 2 is 1.74 bits per heavy atom. The van der Waals surface area contributed by atoms with Crippen molar-refractivity contribution in [2.45, 2.75) is 36.8 Å². The van der Waals surface area contributed by atoms with Gasteiger partial charge in [-0.25, -0.2) is 8.42 Å². The third kappa shape index (κ3) is 3.17. The molecule has 1 heterocycles. The third-order valence-electron chi connectivity index (χ3n) is 4.38. The van der Waals surface area contributed by atoms with E-state index in [2.05, 4.69) is 0 Å². The molecule has 2 aromatic carbocycles. The molecule has 0 spiro atoms. The predicted octanol–water partition coefficient (Wildman–Crippen LogP) is 2.88. The van der Waals surface area contributed by atoms with Gasteiger partial charge in [0.1, 0.15) is 0 Å². The number of aliphatic hydroxyl groups is 1. The summed E-state index contributed by atoms with van der Waals surface area (Å²) in [4.78, 5) is 0.287. The highest BCUT2D eigenvalue weighted by molar-refractivity contribution is 7.89. The molecule has 0 aliphatic carbocycles. The smallest absolute Gasteiger partial charge is 0.243 e. The minimum absolute atomic E-state index is 0.287. The van der Waals surface area contributed by atoms with E-state index in [9.17, 15) is 13.5 Å². The summed E-state index contributed by atoms with van der Waals surface area (Å²) in [6.07, 6.45) is 0.625. The van der Waals surface area contributed by atoms with Gasteiger partial charge in [0.25, 0.3) is 0 Å². The number of aryl methyl sites for hydroxylation is 1. The summed E-state index contributed by atoms with van der Waals surface area (Å²) >= 11 is 0. The summed E-state index contributed by atoms with van der Waals surface area (Å²) in [7, 11) is -3.58. The Hall–Kier alpha value is -1.69. The minimum atomic E-state index is -3.58. The molecule has 1 saturated heterocycles. The lowest BCUT2D eigenvalue weighted by molar-refractivity contribution is 0.107. The fourth-order valence-corrected chi connectivity index (χ4v) is 4.80. The molecular formula is C18H21NO3S.